The zero-order valence-electron chi connectivity index (χ0n) is 13.9. The van der Waals surface area contributed by atoms with Gasteiger partial charge < -0.3 is 15.0 Å². The molecule has 0 atom stereocenters. The lowest BCUT2D eigenvalue weighted by Crippen LogP contribution is -2.33. The van der Waals surface area contributed by atoms with Crippen molar-refractivity contribution < 1.29 is 14.3 Å². The molecule has 3 rings (SSSR count). The first kappa shape index (κ1) is 17.3. The van der Waals surface area contributed by atoms with Gasteiger partial charge in [0.25, 0.3) is 0 Å². The second-order valence-corrected chi connectivity index (χ2v) is 6.62. The maximum atomic E-state index is 13.5. The van der Waals surface area contributed by atoms with E-state index in [-0.39, 0.29) is 29.3 Å². The standard InChI is InChI=1S/C19H18ClFN2O2/c1-11(2)22-19(25)10-23-17-6-4-14(24)7-13(17)9-18(23)12-3-5-16(21)15(20)8-12/h3-9,11,24H,10H2,1-2H3,(H,22,25). The van der Waals surface area contributed by atoms with Gasteiger partial charge in [0.15, 0.2) is 0 Å². The summed E-state index contributed by atoms with van der Waals surface area (Å²) in [5.41, 5.74) is 2.22. The van der Waals surface area contributed by atoms with Crippen LogP contribution >= 0.6 is 11.6 Å². The number of rotatable bonds is 4. The fraction of sp³-hybridized carbons (Fsp3) is 0.211. The number of aromatic hydroxyl groups is 1. The Labute approximate surface area is 149 Å². The van der Waals surface area contributed by atoms with Crippen molar-refractivity contribution in [3.63, 3.8) is 0 Å². The molecule has 0 radical (unpaired) electrons. The number of fused-ring (bicyclic) bond motifs is 1. The largest absolute Gasteiger partial charge is 0.508 e. The third-order valence-electron chi connectivity index (χ3n) is 3.85. The van der Waals surface area contributed by atoms with Crippen molar-refractivity contribution in [1.29, 1.82) is 0 Å². The van der Waals surface area contributed by atoms with Crippen LogP contribution in [0.4, 0.5) is 4.39 Å². The summed E-state index contributed by atoms with van der Waals surface area (Å²) in [6.07, 6.45) is 0. The van der Waals surface area contributed by atoms with Gasteiger partial charge >= 0.3 is 0 Å². The third kappa shape index (κ3) is 3.61. The van der Waals surface area contributed by atoms with E-state index in [9.17, 15) is 14.3 Å². The summed E-state index contributed by atoms with van der Waals surface area (Å²) in [6, 6.07) is 11.3. The highest BCUT2D eigenvalue weighted by Crippen LogP contribution is 2.32. The van der Waals surface area contributed by atoms with Crippen molar-refractivity contribution in [2.45, 2.75) is 26.4 Å². The number of carbonyl (C=O) groups is 1. The van der Waals surface area contributed by atoms with Crippen LogP contribution < -0.4 is 5.32 Å². The van der Waals surface area contributed by atoms with E-state index in [1.54, 1.807) is 24.3 Å². The monoisotopic (exact) mass is 360 g/mol. The molecule has 3 aromatic rings. The zero-order valence-corrected chi connectivity index (χ0v) is 14.6. The van der Waals surface area contributed by atoms with Crippen LogP contribution in [0.2, 0.25) is 5.02 Å². The summed E-state index contributed by atoms with van der Waals surface area (Å²) >= 11 is 5.91. The molecule has 130 valence electrons. The Morgan fingerprint density at radius 1 is 1.24 bits per heavy atom. The molecule has 0 fully saturated rings. The molecule has 4 nitrogen and oxygen atoms in total. The lowest BCUT2D eigenvalue weighted by molar-refractivity contribution is -0.122. The average molecular weight is 361 g/mol. The Morgan fingerprint density at radius 3 is 2.68 bits per heavy atom. The minimum atomic E-state index is -0.497. The number of halogens is 2. The van der Waals surface area contributed by atoms with Crippen LogP contribution in [-0.4, -0.2) is 21.6 Å². The van der Waals surface area contributed by atoms with Gasteiger partial charge in [-0.05, 0) is 61.9 Å². The van der Waals surface area contributed by atoms with Gasteiger partial charge in [-0.2, -0.15) is 0 Å². The lowest BCUT2D eigenvalue weighted by atomic mass is 10.1. The Balaban J connectivity index is 2.14. The van der Waals surface area contributed by atoms with Gasteiger partial charge in [-0.25, -0.2) is 4.39 Å². The number of phenolic OH excluding ortho intramolecular Hbond substituents is 1. The summed E-state index contributed by atoms with van der Waals surface area (Å²) < 4.78 is 15.3. The summed E-state index contributed by atoms with van der Waals surface area (Å²) in [4.78, 5) is 12.3. The van der Waals surface area contributed by atoms with Crippen molar-refractivity contribution >= 4 is 28.4 Å². The average Bonchev–Trinajstić information content (AvgIpc) is 2.87. The number of hydrogen-bond acceptors (Lipinski definition) is 2. The molecule has 25 heavy (non-hydrogen) atoms. The quantitative estimate of drug-likeness (QED) is 0.727. The number of aromatic nitrogens is 1. The number of nitrogens with zero attached hydrogens (tertiary/aromatic N) is 1. The highest BCUT2D eigenvalue weighted by molar-refractivity contribution is 6.31. The molecule has 0 aliphatic heterocycles. The molecule has 0 aliphatic rings. The summed E-state index contributed by atoms with van der Waals surface area (Å²) in [5, 5.41) is 13.4. The van der Waals surface area contributed by atoms with Crippen LogP contribution in [0.5, 0.6) is 5.75 Å². The molecule has 0 unspecified atom stereocenters. The predicted molar refractivity (Wildman–Crippen MR) is 97.3 cm³/mol. The number of amides is 1. The van der Waals surface area contributed by atoms with E-state index in [1.807, 2.05) is 24.5 Å². The van der Waals surface area contributed by atoms with Crippen LogP contribution in [0, 0.1) is 5.82 Å². The van der Waals surface area contributed by atoms with Crippen LogP contribution in [-0.2, 0) is 11.3 Å². The number of carbonyl (C=O) groups excluding carboxylic acids is 1. The fourth-order valence-electron chi connectivity index (χ4n) is 2.83. The van der Waals surface area contributed by atoms with Crippen LogP contribution in [0.25, 0.3) is 22.2 Å². The van der Waals surface area contributed by atoms with Crippen molar-refractivity contribution in [2.75, 3.05) is 0 Å². The summed E-state index contributed by atoms with van der Waals surface area (Å²) in [6.45, 7) is 3.89. The Hall–Kier alpha value is -2.53. The number of hydrogen-bond donors (Lipinski definition) is 2. The highest BCUT2D eigenvalue weighted by Gasteiger charge is 2.15. The second-order valence-electron chi connectivity index (χ2n) is 6.21. The van der Waals surface area contributed by atoms with Crippen molar-refractivity contribution in [3.05, 3.63) is 53.3 Å². The highest BCUT2D eigenvalue weighted by atomic mass is 35.5. The van der Waals surface area contributed by atoms with Gasteiger partial charge in [-0.15, -0.1) is 0 Å². The molecule has 6 heteroatoms. The molecule has 1 heterocycles. The van der Waals surface area contributed by atoms with E-state index in [1.165, 1.54) is 12.1 Å². The Kier molecular flexibility index (Phi) is 4.68. The number of benzene rings is 2. The van der Waals surface area contributed by atoms with E-state index >= 15 is 0 Å². The number of phenols is 1. The van der Waals surface area contributed by atoms with Crippen LogP contribution in [0.15, 0.2) is 42.5 Å². The molecule has 0 saturated heterocycles. The lowest BCUT2D eigenvalue weighted by Gasteiger charge is -2.13. The third-order valence-corrected chi connectivity index (χ3v) is 4.14. The molecule has 1 aromatic heterocycles. The molecule has 2 aromatic carbocycles. The van der Waals surface area contributed by atoms with E-state index in [4.69, 9.17) is 11.6 Å². The first-order valence-corrected chi connectivity index (χ1v) is 8.30. The van der Waals surface area contributed by atoms with Gasteiger partial charge in [-0.1, -0.05) is 11.6 Å². The Bertz CT molecular complexity index is 950. The molecule has 0 spiro atoms. The molecule has 0 aliphatic carbocycles. The minimum Gasteiger partial charge on any atom is -0.508 e. The van der Waals surface area contributed by atoms with Gasteiger partial charge in [-0.3, -0.25) is 4.79 Å². The van der Waals surface area contributed by atoms with E-state index in [0.717, 1.165) is 16.6 Å². The SMILES string of the molecule is CC(C)NC(=O)Cn1c(-c2ccc(F)c(Cl)c2)cc2cc(O)ccc21. The van der Waals surface area contributed by atoms with Crippen molar-refractivity contribution in [1.82, 2.24) is 9.88 Å². The molecular formula is C19H18ClFN2O2. The normalized spacial score (nSPS) is 11.2. The summed E-state index contributed by atoms with van der Waals surface area (Å²) in [5.74, 6) is -0.488. The zero-order chi connectivity index (χ0) is 18.1. The topological polar surface area (TPSA) is 54.3 Å². The fourth-order valence-corrected chi connectivity index (χ4v) is 3.02. The predicted octanol–water partition coefficient (Wildman–Crippen LogP) is 4.33. The van der Waals surface area contributed by atoms with Crippen LogP contribution in [0.3, 0.4) is 0 Å². The minimum absolute atomic E-state index is 0.0174. The Morgan fingerprint density at radius 2 is 2.00 bits per heavy atom. The maximum absolute atomic E-state index is 13.5. The molecule has 1 amide bonds. The van der Waals surface area contributed by atoms with Gasteiger partial charge in [0, 0.05) is 22.6 Å². The van der Waals surface area contributed by atoms with E-state index in [0.29, 0.717) is 5.56 Å². The molecule has 0 bridgehead atoms. The van der Waals surface area contributed by atoms with Gasteiger partial charge in [0.2, 0.25) is 5.91 Å². The smallest absolute Gasteiger partial charge is 0.240 e. The molecule has 2 N–H and O–H groups in total. The van der Waals surface area contributed by atoms with Crippen LogP contribution in [0.1, 0.15) is 13.8 Å². The summed E-state index contributed by atoms with van der Waals surface area (Å²) in [7, 11) is 0. The van der Waals surface area contributed by atoms with Gasteiger partial charge in [0.05, 0.1) is 5.02 Å². The van der Waals surface area contributed by atoms with Crippen molar-refractivity contribution in [2.24, 2.45) is 0 Å². The van der Waals surface area contributed by atoms with E-state index < -0.39 is 5.82 Å². The first-order valence-electron chi connectivity index (χ1n) is 7.92. The number of nitrogens with one attached hydrogen (secondary N) is 1. The first-order chi connectivity index (χ1) is 11.8. The van der Waals surface area contributed by atoms with Crippen molar-refractivity contribution in [3.8, 4) is 17.0 Å². The molecule has 0 saturated carbocycles. The second kappa shape index (κ2) is 6.76. The maximum Gasteiger partial charge on any atom is 0.240 e. The van der Waals surface area contributed by atoms with E-state index in [2.05, 4.69) is 5.32 Å². The molecular weight excluding hydrogens is 343 g/mol. The van der Waals surface area contributed by atoms with Gasteiger partial charge in [0.1, 0.15) is 18.1 Å².